The molecule has 1 aromatic heterocycles. The fourth-order valence-electron chi connectivity index (χ4n) is 3.57. The van der Waals surface area contributed by atoms with Crippen LogP contribution >= 0.6 is 23.1 Å². The van der Waals surface area contributed by atoms with Gasteiger partial charge in [0.15, 0.2) is 0 Å². The highest BCUT2D eigenvalue weighted by Gasteiger charge is 2.41. The monoisotopic (exact) mass is 295 g/mol. The number of aryl methyl sites for hydroxylation is 1. The minimum absolute atomic E-state index is 0.393. The molecule has 19 heavy (non-hydrogen) atoms. The smallest absolute Gasteiger partial charge is 0.0569 e. The van der Waals surface area contributed by atoms with Crippen molar-refractivity contribution in [2.45, 2.75) is 51.0 Å². The number of thiophene rings is 1. The lowest BCUT2D eigenvalue weighted by Gasteiger charge is -2.47. The Balaban J connectivity index is 1.90. The number of thioether (sulfide) groups is 1. The van der Waals surface area contributed by atoms with E-state index in [9.17, 15) is 0 Å². The van der Waals surface area contributed by atoms with Gasteiger partial charge in [-0.05, 0) is 68.8 Å². The van der Waals surface area contributed by atoms with Gasteiger partial charge in [-0.2, -0.15) is 11.8 Å². The molecule has 2 saturated heterocycles. The van der Waals surface area contributed by atoms with Crippen molar-refractivity contribution in [3.05, 3.63) is 21.9 Å². The zero-order chi connectivity index (χ0) is 13.1. The van der Waals surface area contributed by atoms with E-state index in [1.165, 1.54) is 63.1 Å². The number of piperidine rings is 1. The molecule has 0 atom stereocenters. The van der Waals surface area contributed by atoms with Crippen LogP contribution in [0.3, 0.4) is 0 Å². The molecule has 3 heterocycles. The fraction of sp³-hybridized carbons (Fsp3) is 0.750. The van der Waals surface area contributed by atoms with Crippen LogP contribution in [0.5, 0.6) is 0 Å². The number of nitrogens with zero attached hydrogens (tertiary/aromatic N) is 1. The molecule has 1 aromatic rings. The summed E-state index contributed by atoms with van der Waals surface area (Å²) >= 11 is 4.23. The predicted molar refractivity (Wildman–Crippen MR) is 87.4 cm³/mol. The van der Waals surface area contributed by atoms with E-state index >= 15 is 0 Å². The lowest BCUT2D eigenvalue weighted by molar-refractivity contribution is 0.0582. The summed E-state index contributed by atoms with van der Waals surface area (Å²) in [5.74, 6) is 2.69. The van der Waals surface area contributed by atoms with E-state index in [1.807, 2.05) is 0 Å². The first kappa shape index (κ1) is 14.0. The second-order valence-electron chi connectivity index (χ2n) is 5.81. The lowest BCUT2D eigenvalue weighted by Crippen LogP contribution is -2.50. The van der Waals surface area contributed by atoms with E-state index in [0.29, 0.717) is 5.54 Å². The van der Waals surface area contributed by atoms with Crippen LogP contribution in [0, 0.1) is 0 Å². The highest BCUT2D eigenvalue weighted by molar-refractivity contribution is 7.99. The molecule has 0 bridgehead atoms. The van der Waals surface area contributed by atoms with Crippen LogP contribution in [0.15, 0.2) is 12.1 Å². The Kier molecular flexibility index (Phi) is 4.55. The summed E-state index contributed by atoms with van der Waals surface area (Å²) in [5.41, 5.74) is 0.393. The van der Waals surface area contributed by atoms with E-state index in [0.717, 1.165) is 0 Å². The number of hydrogen-bond donors (Lipinski definition) is 0. The average molecular weight is 296 g/mol. The third-order valence-corrected chi connectivity index (χ3v) is 7.16. The molecular formula is C16H25NS2. The topological polar surface area (TPSA) is 3.24 Å². The zero-order valence-electron chi connectivity index (χ0n) is 12.0. The quantitative estimate of drug-likeness (QED) is 0.806. The van der Waals surface area contributed by atoms with E-state index < -0.39 is 0 Å². The average Bonchev–Trinajstić information content (AvgIpc) is 2.98. The fourth-order valence-corrected chi connectivity index (χ4v) is 5.96. The van der Waals surface area contributed by atoms with Gasteiger partial charge in [-0.3, -0.25) is 4.90 Å². The molecule has 0 N–H and O–H groups in total. The van der Waals surface area contributed by atoms with E-state index in [1.54, 1.807) is 9.75 Å². The van der Waals surface area contributed by atoms with Crippen LogP contribution in [0.25, 0.3) is 0 Å². The molecule has 2 aliphatic heterocycles. The van der Waals surface area contributed by atoms with Crippen molar-refractivity contribution in [1.29, 1.82) is 0 Å². The van der Waals surface area contributed by atoms with Crippen LogP contribution < -0.4 is 0 Å². The van der Waals surface area contributed by atoms with Crippen molar-refractivity contribution >= 4 is 23.1 Å². The summed E-state index contributed by atoms with van der Waals surface area (Å²) in [6, 6.07) is 4.81. The van der Waals surface area contributed by atoms with Gasteiger partial charge in [0.25, 0.3) is 0 Å². The summed E-state index contributed by atoms with van der Waals surface area (Å²) in [5, 5.41) is 0. The highest BCUT2D eigenvalue weighted by Crippen LogP contribution is 2.45. The van der Waals surface area contributed by atoms with Crippen molar-refractivity contribution in [1.82, 2.24) is 4.90 Å². The van der Waals surface area contributed by atoms with Crippen LogP contribution in [0.4, 0.5) is 0 Å². The molecule has 0 radical (unpaired) electrons. The van der Waals surface area contributed by atoms with Crippen LogP contribution in [0.1, 0.15) is 48.8 Å². The molecule has 2 fully saturated rings. The van der Waals surface area contributed by atoms with Gasteiger partial charge in [0, 0.05) is 9.75 Å². The molecule has 0 unspecified atom stereocenters. The largest absolute Gasteiger partial charge is 0.293 e. The molecule has 1 nitrogen and oxygen atoms in total. The Morgan fingerprint density at radius 1 is 1.11 bits per heavy atom. The second kappa shape index (κ2) is 6.19. The van der Waals surface area contributed by atoms with Crippen molar-refractivity contribution < 1.29 is 0 Å². The van der Waals surface area contributed by atoms with Crippen molar-refractivity contribution in [3.8, 4) is 0 Å². The van der Waals surface area contributed by atoms with Gasteiger partial charge < -0.3 is 0 Å². The number of hydrogen-bond acceptors (Lipinski definition) is 3. The van der Waals surface area contributed by atoms with Crippen LogP contribution in [-0.2, 0) is 12.0 Å². The van der Waals surface area contributed by atoms with Gasteiger partial charge in [0.05, 0.1) is 5.54 Å². The molecule has 0 aromatic carbocycles. The van der Waals surface area contributed by atoms with Gasteiger partial charge in [-0.25, -0.2) is 0 Å². The standard InChI is InChI=1S/C16H25NS2/c1-2-14-6-7-15(19-14)16(8-12-18-13-9-16)17-10-4-3-5-11-17/h6-7H,2-5,8-13H2,1H3. The first-order chi connectivity index (χ1) is 9.35. The zero-order valence-corrected chi connectivity index (χ0v) is 13.6. The molecule has 0 aliphatic carbocycles. The molecule has 3 heteroatoms. The van der Waals surface area contributed by atoms with Crippen molar-refractivity contribution in [2.24, 2.45) is 0 Å². The molecule has 3 rings (SSSR count). The van der Waals surface area contributed by atoms with E-state index in [4.69, 9.17) is 0 Å². The molecule has 0 saturated carbocycles. The number of rotatable bonds is 3. The van der Waals surface area contributed by atoms with Gasteiger partial charge in [0.1, 0.15) is 0 Å². The highest BCUT2D eigenvalue weighted by atomic mass is 32.2. The van der Waals surface area contributed by atoms with E-state index in [-0.39, 0.29) is 0 Å². The minimum Gasteiger partial charge on any atom is -0.293 e. The SMILES string of the molecule is CCc1ccc(C2(N3CCCCC3)CCSCC2)s1. The van der Waals surface area contributed by atoms with Gasteiger partial charge in [-0.15, -0.1) is 11.3 Å². The Labute approximate surface area is 125 Å². The van der Waals surface area contributed by atoms with Gasteiger partial charge in [0.2, 0.25) is 0 Å². The summed E-state index contributed by atoms with van der Waals surface area (Å²) in [7, 11) is 0. The van der Waals surface area contributed by atoms with Gasteiger partial charge >= 0.3 is 0 Å². The normalized spacial score (nSPS) is 24.5. The second-order valence-corrected chi connectivity index (χ2v) is 8.20. The van der Waals surface area contributed by atoms with Crippen molar-refractivity contribution in [3.63, 3.8) is 0 Å². The first-order valence-electron chi connectivity index (χ1n) is 7.77. The third-order valence-electron chi connectivity index (χ3n) is 4.75. The molecule has 0 amide bonds. The lowest BCUT2D eigenvalue weighted by atomic mass is 9.86. The Bertz CT molecular complexity index is 401. The van der Waals surface area contributed by atoms with Crippen LogP contribution in [-0.4, -0.2) is 29.5 Å². The summed E-state index contributed by atoms with van der Waals surface area (Å²) < 4.78 is 0. The molecule has 0 spiro atoms. The van der Waals surface area contributed by atoms with Crippen LogP contribution in [0.2, 0.25) is 0 Å². The van der Waals surface area contributed by atoms with E-state index in [2.05, 4.69) is 47.1 Å². The summed E-state index contributed by atoms with van der Waals surface area (Å²) in [6.45, 7) is 4.92. The molecular weight excluding hydrogens is 270 g/mol. The summed E-state index contributed by atoms with van der Waals surface area (Å²) in [6.07, 6.45) is 8.16. The summed E-state index contributed by atoms with van der Waals surface area (Å²) in [4.78, 5) is 6.05. The Morgan fingerprint density at radius 3 is 2.47 bits per heavy atom. The minimum atomic E-state index is 0.393. The Morgan fingerprint density at radius 2 is 1.84 bits per heavy atom. The van der Waals surface area contributed by atoms with Gasteiger partial charge in [-0.1, -0.05) is 13.3 Å². The maximum atomic E-state index is 2.83. The first-order valence-corrected chi connectivity index (χ1v) is 9.74. The molecule has 106 valence electrons. The third kappa shape index (κ3) is 2.74. The Hall–Kier alpha value is 0.01000. The van der Waals surface area contributed by atoms with Crippen molar-refractivity contribution in [2.75, 3.05) is 24.6 Å². The predicted octanol–water partition coefficient (Wildman–Crippen LogP) is 4.52. The maximum Gasteiger partial charge on any atom is 0.0569 e. The molecule has 2 aliphatic rings. The maximum absolute atomic E-state index is 2.83. The number of likely N-dealkylation sites (tertiary alicyclic amines) is 1.